The molecular formula is C18H34. The lowest BCUT2D eigenvalue weighted by molar-refractivity contribution is 0.611. The van der Waals surface area contributed by atoms with Crippen molar-refractivity contribution >= 4 is 0 Å². The van der Waals surface area contributed by atoms with Crippen molar-refractivity contribution in [3.63, 3.8) is 0 Å². The van der Waals surface area contributed by atoms with Gasteiger partial charge in [-0.2, -0.15) is 0 Å². The lowest BCUT2D eigenvalue weighted by Crippen LogP contribution is -1.77. The van der Waals surface area contributed by atoms with E-state index in [4.69, 9.17) is 0 Å². The predicted molar refractivity (Wildman–Crippen MR) is 85.0 cm³/mol. The quantitative estimate of drug-likeness (QED) is 0.248. The van der Waals surface area contributed by atoms with Gasteiger partial charge < -0.3 is 0 Å². The Kier molecular flexibility index (Phi) is 16.0. The van der Waals surface area contributed by atoms with Crippen molar-refractivity contribution in [3.05, 3.63) is 24.3 Å². The van der Waals surface area contributed by atoms with Gasteiger partial charge >= 0.3 is 0 Å². The first-order valence-corrected chi connectivity index (χ1v) is 8.21. The highest BCUT2D eigenvalue weighted by Crippen LogP contribution is 2.07. The second kappa shape index (κ2) is 16.5. The van der Waals surface area contributed by atoms with E-state index in [1.807, 2.05) is 0 Å². The van der Waals surface area contributed by atoms with Crippen molar-refractivity contribution in [2.45, 2.75) is 90.9 Å². The van der Waals surface area contributed by atoms with Crippen molar-refractivity contribution in [1.82, 2.24) is 0 Å². The Morgan fingerprint density at radius 3 is 1.56 bits per heavy atom. The fourth-order valence-electron chi connectivity index (χ4n) is 2.06. The van der Waals surface area contributed by atoms with Crippen molar-refractivity contribution in [3.8, 4) is 0 Å². The van der Waals surface area contributed by atoms with E-state index in [-0.39, 0.29) is 0 Å². The maximum Gasteiger partial charge on any atom is -0.0169 e. The van der Waals surface area contributed by atoms with Crippen molar-refractivity contribution in [2.75, 3.05) is 0 Å². The molecule has 0 aromatic rings. The average molecular weight is 250 g/mol. The standard InChI is InChI=1S/C18H34/c1-3-5-7-9-11-13-15-17-18-16-14-12-10-8-6-4-2/h11,13,17-18H,3-10,12,14-16H2,1-2H3. The minimum Gasteiger partial charge on any atom is -0.0882 e. The Bertz CT molecular complexity index is 188. The van der Waals surface area contributed by atoms with E-state index in [2.05, 4.69) is 38.2 Å². The maximum atomic E-state index is 2.36. The number of rotatable bonds is 13. The normalized spacial score (nSPS) is 11.9. The van der Waals surface area contributed by atoms with Gasteiger partial charge in [0.15, 0.2) is 0 Å². The number of hydrogen-bond donors (Lipinski definition) is 0. The van der Waals surface area contributed by atoms with Crippen LogP contribution in [0.1, 0.15) is 90.9 Å². The van der Waals surface area contributed by atoms with Crippen LogP contribution in [0.5, 0.6) is 0 Å². The highest BCUT2D eigenvalue weighted by atomic mass is 13.9. The summed E-state index contributed by atoms with van der Waals surface area (Å²) in [4.78, 5) is 0. The third-order valence-electron chi connectivity index (χ3n) is 3.30. The first-order valence-electron chi connectivity index (χ1n) is 8.21. The van der Waals surface area contributed by atoms with Crippen LogP contribution >= 0.6 is 0 Å². The first-order chi connectivity index (χ1) is 8.91. The highest BCUT2D eigenvalue weighted by molar-refractivity contribution is 4.92. The summed E-state index contributed by atoms with van der Waals surface area (Å²) in [6.45, 7) is 4.53. The maximum absolute atomic E-state index is 2.36. The summed E-state index contributed by atoms with van der Waals surface area (Å²) in [5.41, 5.74) is 0. The molecule has 0 aliphatic carbocycles. The Morgan fingerprint density at radius 1 is 0.500 bits per heavy atom. The average Bonchev–Trinajstić information content (AvgIpc) is 2.39. The molecule has 0 spiro atoms. The largest absolute Gasteiger partial charge is 0.0882 e. The first kappa shape index (κ1) is 17.5. The van der Waals surface area contributed by atoms with Crippen LogP contribution < -0.4 is 0 Å². The van der Waals surface area contributed by atoms with Crippen LogP contribution in [0.4, 0.5) is 0 Å². The molecule has 0 N–H and O–H groups in total. The lowest BCUT2D eigenvalue weighted by Gasteiger charge is -1.97. The molecule has 0 bridgehead atoms. The summed E-state index contributed by atoms with van der Waals surface area (Å²) in [6.07, 6.45) is 25.5. The summed E-state index contributed by atoms with van der Waals surface area (Å²) in [5, 5.41) is 0. The molecule has 0 heteroatoms. The highest BCUT2D eigenvalue weighted by Gasteiger charge is 1.87. The van der Waals surface area contributed by atoms with Gasteiger partial charge in [0.1, 0.15) is 0 Å². The molecule has 0 saturated carbocycles. The molecule has 0 fully saturated rings. The van der Waals surface area contributed by atoms with E-state index in [0.29, 0.717) is 0 Å². The van der Waals surface area contributed by atoms with Gasteiger partial charge in [0.2, 0.25) is 0 Å². The van der Waals surface area contributed by atoms with Crippen LogP contribution in [0.15, 0.2) is 24.3 Å². The van der Waals surface area contributed by atoms with E-state index in [0.717, 1.165) is 6.42 Å². The van der Waals surface area contributed by atoms with Crippen LogP contribution in [0, 0.1) is 0 Å². The Balaban J connectivity index is 3.13. The molecule has 0 saturated heterocycles. The molecule has 0 aliphatic rings. The molecule has 0 amide bonds. The summed E-state index contributed by atoms with van der Waals surface area (Å²) < 4.78 is 0. The molecule has 0 rings (SSSR count). The zero-order valence-electron chi connectivity index (χ0n) is 12.8. The molecule has 0 radical (unpaired) electrons. The third kappa shape index (κ3) is 15.5. The van der Waals surface area contributed by atoms with Gasteiger partial charge in [-0.15, -0.1) is 0 Å². The fourth-order valence-corrected chi connectivity index (χ4v) is 2.06. The number of allylic oxidation sites excluding steroid dienone is 4. The molecule has 0 nitrogen and oxygen atoms in total. The molecular weight excluding hydrogens is 216 g/mol. The van der Waals surface area contributed by atoms with E-state index in [9.17, 15) is 0 Å². The molecule has 0 aliphatic heterocycles. The monoisotopic (exact) mass is 250 g/mol. The molecule has 106 valence electrons. The van der Waals surface area contributed by atoms with Crippen molar-refractivity contribution in [1.29, 1.82) is 0 Å². The van der Waals surface area contributed by atoms with Gasteiger partial charge in [0.25, 0.3) is 0 Å². The fraction of sp³-hybridized carbons (Fsp3) is 0.778. The van der Waals surface area contributed by atoms with Crippen molar-refractivity contribution in [2.24, 2.45) is 0 Å². The zero-order valence-corrected chi connectivity index (χ0v) is 12.8. The molecule has 0 atom stereocenters. The van der Waals surface area contributed by atoms with Gasteiger partial charge in [0, 0.05) is 0 Å². The molecule has 0 aromatic heterocycles. The summed E-state index contributed by atoms with van der Waals surface area (Å²) in [5.74, 6) is 0. The Hall–Kier alpha value is -0.520. The minimum atomic E-state index is 1.13. The third-order valence-corrected chi connectivity index (χ3v) is 3.30. The smallest absolute Gasteiger partial charge is 0.0169 e. The van der Waals surface area contributed by atoms with Crippen LogP contribution in [-0.2, 0) is 0 Å². The van der Waals surface area contributed by atoms with E-state index in [1.54, 1.807) is 0 Å². The summed E-state index contributed by atoms with van der Waals surface area (Å²) in [7, 11) is 0. The number of hydrogen-bond acceptors (Lipinski definition) is 0. The van der Waals surface area contributed by atoms with Gasteiger partial charge in [-0.1, -0.05) is 83.1 Å². The lowest BCUT2D eigenvalue weighted by atomic mass is 10.1. The second-order valence-corrected chi connectivity index (χ2v) is 5.23. The SMILES string of the molecule is CCCCCC=CCC=CCCCCCCCC. The summed E-state index contributed by atoms with van der Waals surface area (Å²) >= 11 is 0. The van der Waals surface area contributed by atoms with Crippen LogP contribution in [0.2, 0.25) is 0 Å². The van der Waals surface area contributed by atoms with E-state index < -0.39 is 0 Å². The predicted octanol–water partition coefficient (Wildman–Crippen LogP) is 6.82. The number of unbranched alkanes of at least 4 members (excludes halogenated alkanes) is 9. The molecule has 0 aromatic carbocycles. The molecule has 0 heterocycles. The summed E-state index contributed by atoms with van der Waals surface area (Å²) in [6, 6.07) is 0. The second-order valence-electron chi connectivity index (χ2n) is 5.23. The van der Waals surface area contributed by atoms with Gasteiger partial charge in [0.05, 0.1) is 0 Å². The van der Waals surface area contributed by atoms with E-state index >= 15 is 0 Å². The van der Waals surface area contributed by atoms with Crippen LogP contribution in [0.25, 0.3) is 0 Å². The van der Waals surface area contributed by atoms with Gasteiger partial charge in [-0.05, 0) is 32.1 Å². The van der Waals surface area contributed by atoms with Gasteiger partial charge in [-0.25, -0.2) is 0 Å². The van der Waals surface area contributed by atoms with E-state index in [1.165, 1.54) is 70.6 Å². The molecule has 18 heavy (non-hydrogen) atoms. The topological polar surface area (TPSA) is 0 Å². The zero-order chi connectivity index (χ0) is 13.3. The minimum absolute atomic E-state index is 1.13. The molecule has 0 unspecified atom stereocenters. The Morgan fingerprint density at radius 2 is 0.944 bits per heavy atom. The van der Waals surface area contributed by atoms with Crippen LogP contribution in [-0.4, -0.2) is 0 Å². The van der Waals surface area contributed by atoms with Gasteiger partial charge in [-0.3, -0.25) is 0 Å². The Labute approximate surface area is 116 Å². The van der Waals surface area contributed by atoms with Crippen LogP contribution in [0.3, 0.4) is 0 Å². The van der Waals surface area contributed by atoms with Crippen molar-refractivity contribution < 1.29 is 0 Å².